The number of fused-ring (bicyclic) bond motifs is 1. The lowest BCUT2D eigenvalue weighted by Crippen LogP contribution is -2.38. The SMILES string of the molecule is OC[C@H]1O[C@@H](n2cnc3c(N(Cc4ccco4)NCc4ccccc4)ncnc32)[C@@H](O)[C@@H]1O. The molecule has 33 heavy (non-hydrogen) atoms. The molecule has 172 valence electrons. The number of nitrogens with one attached hydrogen (secondary N) is 1. The van der Waals surface area contributed by atoms with Crippen molar-refractivity contribution in [3.63, 3.8) is 0 Å². The smallest absolute Gasteiger partial charge is 0.174 e. The van der Waals surface area contributed by atoms with Crippen LogP contribution in [-0.4, -0.2) is 59.8 Å². The van der Waals surface area contributed by atoms with E-state index in [1.807, 2.05) is 47.5 Å². The quantitative estimate of drug-likeness (QED) is 0.283. The fraction of sp³-hybridized carbons (Fsp3) is 0.318. The van der Waals surface area contributed by atoms with E-state index >= 15 is 0 Å². The summed E-state index contributed by atoms with van der Waals surface area (Å²) in [6.07, 6.45) is 0.182. The molecule has 0 saturated carbocycles. The minimum absolute atomic E-state index is 0.382. The first kappa shape index (κ1) is 21.5. The van der Waals surface area contributed by atoms with Gasteiger partial charge in [0.1, 0.15) is 30.4 Å². The molecule has 5 rings (SSSR count). The zero-order valence-corrected chi connectivity index (χ0v) is 17.6. The van der Waals surface area contributed by atoms with Crippen LogP contribution in [0.2, 0.25) is 0 Å². The zero-order chi connectivity index (χ0) is 22.8. The van der Waals surface area contributed by atoms with Gasteiger partial charge in [-0.15, -0.1) is 0 Å². The highest BCUT2D eigenvalue weighted by molar-refractivity contribution is 5.83. The first-order valence-electron chi connectivity index (χ1n) is 10.5. The van der Waals surface area contributed by atoms with Crippen molar-refractivity contribution >= 4 is 17.0 Å². The predicted molar refractivity (Wildman–Crippen MR) is 117 cm³/mol. The van der Waals surface area contributed by atoms with Gasteiger partial charge in [0.05, 0.1) is 25.7 Å². The lowest BCUT2D eigenvalue weighted by atomic mass is 10.1. The maximum Gasteiger partial charge on any atom is 0.174 e. The van der Waals surface area contributed by atoms with Crippen LogP contribution in [-0.2, 0) is 17.8 Å². The first-order chi connectivity index (χ1) is 16.2. The summed E-state index contributed by atoms with van der Waals surface area (Å²) in [5, 5.41) is 31.8. The molecular formula is C22H24N6O5. The molecule has 11 nitrogen and oxygen atoms in total. The molecule has 1 saturated heterocycles. The Labute approximate surface area is 188 Å². The highest BCUT2D eigenvalue weighted by Gasteiger charge is 2.44. The van der Waals surface area contributed by atoms with Crippen molar-refractivity contribution in [2.75, 3.05) is 11.6 Å². The van der Waals surface area contributed by atoms with Gasteiger partial charge in [0.25, 0.3) is 0 Å². The Morgan fingerprint density at radius 3 is 2.61 bits per heavy atom. The molecule has 4 N–H and O–H groups in total. The number of hydrogen-bond donors (Lipinski definition) is 4. The summed E-state index contributed by atoms with van der Waals surface area (Å²) in [6, 6.07) is 13.6. The molecule has 0 bridgehead atoms. The maximum absolute atomic E-state index is 10.4. The number of aliphatic hydroxyl groups is 3. The van der Waals surface area contributed by atoms with Gasteiger partial charge >= 0.3 is 0 Å². The summed E-state index contributed by atoms with van der Waals surface area (Å²) in [7, 11) is 0. The minimum Gasteiger partial charge on any atom is -0.467 e. The van der Waals surface area contributed by atoms with Crippen molar-refractivity contribution in [2.24, 2.45) is 0 Å². The number of furan rings is 1. The molecule has 1 aromatic carbocycles. The second kappa shape index (κ2) is 9.25. The fourth-order valence-corrected chi connectivity index (χ4v) is 3.88. The van der Waals surface area contributed by atoms with Crippen molar-refractivity contribution in [3.05, 3.63) is 72.7 Å². The number of imidazole rings is 1. The van der Waals surface area contributed by atoms with Gasteiger partial charge in [-0.1, -0.05) is 30.3 Å². The Kier molecular flexibility index (Phi) is 6.03. The van der Waals surface area contributed by atoms with Crippen LogP contribution in [0.3, 0.4) is 0 Å². The van der Waals surface area contributed by atoms with E-state index in [2.05, 4.69) is 20.4 Å². The molecular weight excluding hydrogens is 428 g/mol. The fourth-order valence-electron chi connectivity index (χ4n) is 3.88. The lowest BCUT2D eigenvalue weighted by Gasteiger charge is -2.24. The number of hydrogen-bond acceptors (Lipinski definition) is 10. The average molecular weight is 452 g/mol. The minimum atomic E-state index is -1.24. The third-order valence-corrected chi connectivity index (χ3v) is 5.60. The Balaban J connectivity index is 1.48. The molecule has 0 aliphatic carbocycles. The second-order valence-corrected chi connectivity index (χ2v) is 7.74. The molecule has 1 fully saturated rings. The number of aromatic nitrogens is 4. The van der Waals surface area contributed by atoms with Crippen molar-refractivity contribution < 1.29 is 24.5 Å². The molecule has 1 aliphatic heterocycles. The molecule has 4 heterocycles. The molecule has 11 heteroatoms. The van der Waals surface area contributed by atoms with E-state index < -0.39 is 31.1 Å². The van der Waals surface area contributed by atoms with Gasteiger partial charge in [-0.05, 0) is 17.7 Å². The zero-order valence-electron chi connectivity index (χ0n) is 17.6. The van der Waals surface area contributed by atoms with Gasteiger partial charge in [0.2, 0.25) is 0 Å². The molecule has 0 amide bonds. The van der Waals surface area contributed by atoms with Crippen LogP contribution < -0.4 is 10.4 Å². The number of benzene rings is 1. The second-order valence-electron chi connectivity index (χ2n) is 7.74. The largest absolute Gasteiger partial charge is 0.467 e. The normalized spacial score (nSPS) is 22.8. The van der Waals surface area contributed by atoms with Gasteiger partial charge in [-0.25, -0.2) is 20.4 Å². The van der Waals surface area contributed by atoms with Gasteiger partial charge in [-0.3, -0.25) is 9.58 Å². The Bertz CT molecular complexity index is 1180. The molecule has 0 unspecified atom stereocenters. The van der Waals surface area contributed by atoms with Crippen LogP contribution in [0.4, 0.5) is 5.82 Å². The third kappa shape index (κ3) is 4.19. The van der Waals surface area contributed by atoms with E-state index in [0.29, 0.717) is 30.1 Å². The standard InChI is InChI=1S/C22H24N6O5/c29-11-16-18(30)19(31)22(33-16)27-13-25-17-20(27)23-12-24-21(17)28(10-15-7-4-8-32-15)26-9-14-5-2-1-3-6-14/h1-8,12-13,16,18-19,22,26,29-31H,9-11H2/t16-,18-,19+,22-/m1/s1. The molecule has 1 aliphatic rings. The Morgan fingerprint density at radius 2 is 1.88 bits per heavy atom. The van der Waals surface area contributed by atoms with Crippen molar-refractivity contribution in [3.8, 4) is 0 Å². The number of rotatable bonds is 8. The van der Waals surface area contributed by atoms with Crippen LogP contribution in [0, 0.1) is 0 Å². The van der Waals surface area contributed by atoms with Crippen LogP contribution in [0.15, 0.2) is 65.8 Å². The number of nitrogens with zero attached hydrogens (tertiary/aromatic N) is 5. The highest BCUT2D eigenvalue weighted by atomic mass is 16.6. The van der Waals surface area contributed by atoms with E-state index in [9.17, 15) is 15.3 Å². The number of aliphatic hydroxyl groups excluding tert-OH is 3. The monoisotopic (exact) mass is 452 g/mol. The van der Waals surface area contributed by atoms with E-state index in [4.69, 9.17) is 9.15 Å². The van der Waals surface area contributed by atoms with Crippen LogP contribution in [0.25, 0.3) is 11.2 Å². The summed E-state index contributed by atoms with van der Waals surface area (Å²) < 4.78 is 12.7. The molecule has 3 aromatic heterocycles. The summed E-state index contributed by atoms with van der Waals surface area (Å²) in [4.78, 5) is 13.2. The van der Waals surface area contributed by atoms with Gasteiger partial charge in [0, 0.05) is 6.54 Å². The summed E-state index contributed by atoms with van der Waals surface area (Å²) in [6.45, 7) is 0.511. The number of ether oxygens (including phenoxy) is 1. The van der Waals surface area contributed by atoms with E-state index in [1.54, 1.807) is 6.26 Å². The number of hydrazine groups is 1. The Hall–Kier alpha value is -3.35. The summed E-state index contributed by atoms with van der Waals surface area (Å²) in [5.74, 6) is 1.24. The maximum atomic E-state index is 10.4. The van der Waals surface area contributed by atoms with E-state index in [1.165, 1.54) is 17.2 Å². The Morgan fingerprint density at radius 1 is 1.03 bits per heavy atom. The summed E-state index contributed by atoms with van der Waals surface area (Å²) >= 11 is 0. The van der Waals surface area contributed by atoms with Crippen LogP contribution >= 0.6 is 0 Å². The molecule has 4 atom stereocenters. The molecule has 0 radical (unpaired) electrons. The lowest BCUT2D eigenvalue weighted by molar-refractivity contribution is -0.0511. The number of anilines is 1. The van der Waals surface area contributed by atoms with Gasteiger partial charge in [-0.2, -0.15) is 0 Å². The highest BCUT2D eigenvalue weighted by Crippen LogP contribution is 2.32. The third-order valence-electron chi connectivity index (χ3n) is 5.60. The van der Waals surface area contributed by atoms with Crippen molar-refractivity contribution in [1.29, 1.82) is 0 Å². The average Bonchev–Trinajstić information content (AvgIpc) is 3.58. The van der Waals surface area contributed by atoms with E-state index in [0.717, 1.165) is 11.3 Å². The van der Waals surface area contributed by atoms with Gasteiger partial charge in [0.15, 0.2) is 23.2 Å². The van der Waals surface area contributed by atoms with Crippen molar-refractivity contribution in [2.45, 2.75) is 37.6 Å². The molecule has 0 spiro atoms. The summed E-state index contributed by atoms with van der Waals surface area (Å²) in [5.41, 5.74) is 5.35. The van der Waals surface area contributed by atoms with Crippen LogP contribution in [0.5, 0.6) is 0 Å². The topological polar surface area (TPSA) is 142 Å². The van der Waals surface area contributed by atoms with Crippen molar-refractivity contribution in [1.82, 2.24) is 24.9 Å². The predicted octanol–water partition coefficient (Wildman–Crippen LogP) is 0.742. The van der Waals surface area contributed by atoms with Crippen LogP contribution in [0.1, 0.15) is 17.6 Å². The molecule has 4 aromatic rings. The van der Waals surface area contributed by atoms with Gasteiger partial charge < -0.3 is 24.5 Å². The first-order valence-corrected chi connectivity index (χ1v) is 10.5. The van der Waals surface area contributed by atoms with E-state index in [-0.39, 0.29) is 0 Å².